The number of anilines is 1. The standard InChI is InChI=1S/C21H32N6OS.HI/c1-5-19-24-21(29-25-19)27-14-12-26(13-15-27)20(22-4)23-11-10-17-6-8-18(9-7-17)28-16(2)3;/h6-9,16H,5,10-15H2,1-4H3,(H,22,23);1H. The van der Waals surface area contributed by atoms with Crippen molar-refractivity contribution in [2.75, 3.05) is 44.7 Å². The summed E-state index contributed by atoms with van der Waals surface area (Å²) in [7, 11) is 1.85. The Labute approximate surface area is 201 Å². The van der Waals surface area contributed by atoms with E-state index in [1.807, 2.05) is 33.0 Å². The molecule has 1 aliphatic heterocycles. The van der Waals surface area contributed by atoms with Crippen molar-refractivity contribution in [1.82, 2.24) is 19.6 Å². The van der Waals surface area contributed by atoms with Gasteiger partial charge >= 0.3 is 0 Å². The smallest absolute Gasteiger partial charge is 0.205 e. The van der Waals surface area contributed by atoms with Gasteiger partial charge in [0.1, 0.15) is 11.6 Å². The number of ether oxygens (including phenoxy) is 1. The second-order valence-electron chi connectivity index (χ2n) is 7.36. The van der Waals surface area contributed by atoms with Crippen LogP contribution in [-0.2, 0) is 12.8 Å². The third-order valence-electron chi connectivity index (χ3n) is 4.83. The van der Waals surface area contributed by atoms with Crippen LogP contribution >= 0.6 is 35.5 Å². The zero-order valence-electron chi connectivity index (χ0n) is 18.3. The zero-order chi connectivity index (χ0) is 20.6. The van der Waals surface area contributed by atoms with Crippen LogP contribution in [0.15, 0.2) is 29.3 Å². The quantitative estimate of drug-likeness (QED) is 0.328. The van der Waals surface area contributed by atoms with Gasteiger partial charge in [0.25, 0.3) is 0 Å². The second kappa shape index (κ2) is 12.3. The molecule has 1 aromatic carbocycles. The first-order valence-electron chi connectivity index (χ1n) is 10.4. The summed E-state index contributed by atoms with van der Waals surface area (Å²) in [5.74, 6) is 2.83. The van der Waals surface area contributed by atoms with Crippen LogP contribution < -0.4 is 15.0 Å². The molecule has 0 amide bonds. The van der Waals surface area contributed by atoms with E-state index >= 15 is 0 Å². The predicted molar refractivity (Wildman–Crippen MR) is 136 cm³/mol. The highest BCUT2D eigenvalue weighted by molar-refractivity contribution is 14.0. The number of nitrogens with one attached hydrogen (secondary N) is 1. The van der Waals surface area contributed by atoms with Crippen LogP contribution in [0.25, 0.3) is 0 Å². The molecule has 7 nitrogen and oxygen atoms in total. The summed E-state index contributed by atoms with van der Waals surface area (Å²) in [6.45, 7) is 10.8. The lowest BCUT2D eigenvalue weighted by atomic mass is 10.1. The summed E-state index contributed by atoms with van der Waals surface area (Å²) >= 11 is 1.50. The Bertz CT molecular complexity index is 787. The van der Waals surface area contributed by atoms with Gasteiger partial charge in [-0.3, -0.25) is 4.99 Å². The number of aryl methyl sites for hydroxylation is 1. The number of aliphatic imine (C=N–C) groups is 1. The lowest BCUT2D eigenvalue weighted by molar-refractivity contribution is 0.242. The van der Waals surface area contributed by atoms with Gasteiger partial charge in [0.15, 0.2) is 5.96 Å². The molecule has 2 aromatic rings. The first-order valence-corrected chi connectivity index (χ1v) is 11.1. The average Bonchev–Trinajstić information content (AvgIpc) is 3.22. The lowest BCUT2D eigenvalue weighted by Crippen LogP contribution is -2.52. The topological polar surface area (TPSA) is 65.9 Å². The molecule has 0 radical (unpaired) electrons. The molecule has 1 saturated heterocycles. The third-order valence-corrected chi connectivity index (χ3v) is 5.64. The van der Waals surface area contributed by atoms with Crippen LogP contribution in [0.5, 0.6) is 5.75 Å². The molecule has 0 unspecified atom stereocenters. The largest absolute Gasteiger partial charge is 0.491 e. The maximum absolute atomic E-state index is 5.70. The molecule has 1 N–H and O–H groups in total. The van der Waals surface area contributed by atoms with E-state index in [0.717, 1.165) is 68.2 Å². The molecule has 1 aromatic heterocycles. The Balaban J connectivity index is 0.00000320. The molecule has 0 bridgehead atoms. The number of guanidine groups is 1. The van der Waals surface area contributed by atoms with Crippen LogP contribution in [0, 0.1) is 0 Å². The SMILES string of the molecule is CCc1nsc(N2CCN(C(=NC)NCCc3ccc(OC(C)C)cc3)CC2)n1.I. The molecular formula is C21H33IN6OS. The molecule has 1 aliphatic rings. The molecule has 0 atom stereocenters. The van der Waals surface area contributed by atoms with Crippen LogP contribution in [0.3, 0.4) is 0 Å². The van der Waals surface area contributed by atoms with Crippen LogP contribution in [0.4, 0.5) is 5.13 Å². The van der Waals surface area contributed by atoms with Crippen LogP contribution in [0.1, 0.15) is 32.2 Å². The highest BCUT2D eigenvalue weighted by Gasteiger charge is 2.21. The minimum atomic E-state index is 0. The Hall–Kier alpha value is -1.62. The number of halogens is 1. The number of rotatable bonds is 7. The molecule has 3 rings (SSSR count). The fourth-order valence-corrected chi connectivity index (χ4v) is 4.09. The van der Waals surface area contributed by atoms with E-state index in [0.29, 0.717) is 0 Å². The maximum atomic E-state index is 5.70. The van der Waals surface area contributed by atoms with Gasteiger partial charge < -0.3 is 19.9 Å². The predicted octanol–water partition coefficient (Wildman–Crippen LogP) is 3.45. The van der Waals surface area contributed by atoms with Crippen LogP contribution in [0.2, 0.25) is 0 Å². The molecule has 0 aliphatic carbocycles. The summed E-state index contributed by atoms with van der Waals surface area (Å²) in [5.41, 5.74) is 1.29. The van der Waals surface area contributed by atoms with E-state index < -0.39 is 0 Å². The highest BCUT2D eigenvalue weighted by Crippen LogP contribution is 2.19. The van der Waals surface area contributed by atoms with Crippen molar-refractivity contribution in [3.8, 4) is 5.75 Å². The molecule has 30 heavy (non-hydrogen) atoms. The van der Waals surface area contributed by atoms with E-state index in [1.165, 1.54) is 17.1 Å². The molecule has 9 heteroatoms. The minimum absolute atomic E-state index is 0. The van der Waals surface area contributed by atoms with E-state index in [1.54, 1.807) is 0 Å². The Morgan fingerprint density at radius 3 is 2.47 bits per heavy atom. The van der Waals surface area contributed by atoms with Crippen molar-refractivity contribution >= 4 is 46.6 Å². The monoisotopic (exact) mass is 544 g/mol. The van der Waals surface area contributed by atoms with Crippen molar-refractivity contribution in [2.24, 2.45) is 4.99 Å². The third kappa shape index (κ3) is 6.97. The average molecular weight is 545 g/mol. The normalized spacial score (nSPS) is 14.6. The minimum Gasteiger partial charge on any atom is -0.491 e. The van der Waals surface area contributed by atoms with E-state index in [9.17, 15) is 0 Å². The fraction of sp³-hybridized carbons (Fsp3) is 0.571. The maximum Gasteiger partial charge on any atom is 0.205 e. The van der Waals surface area contributed by atoms with Gasteiger partial charge in [0, 0.05) is 57.7 Å². The van der Waals surface area contributed by atoms with Gasteiger partial charge in [-0.25, -0.2) is 4.98 Å². The van der Waals surface area contributed by atoms with E-state index in [-0.39, 0.29) is 30.1 Å². The Morgan fingerprint density at radius 1 is 1.20 bits per heavy atom. The number of piperazine rings is 1. The Morgan fingerprint density at radius 2 is 1.90 bits per heavy atom. The molecule has 1 fully saturated rings. The summed E-state index contributed by atoms with van der Waals surface area (Å²) < 4.78 is 10.1. The Kier molecular flexibility index (Phi) is 10.1. The summed E-state index contributed by atoms with van der Waals surface area (Å²) in [6, 6.07) is 8.35. The first kappa shape index (κ1) is 24.6. The van der Waals surface area contributed by atoms with Gasteiger partial charge in [-0.2, -0.15) is 4.37 Å². The number of aromatic nitrogens is 2. The van der Waals surface area contributed by atoms with Gasteiger partial charge in [0.05, 0.1) is 6.10 Å². The molecule has 0 saturated carbocycles. The second-order valence-corrected chi connectivity index (χ2v) is 8.09. The summed E-state index contributed by atoms with van der Waals surface area (Å²) in [6.07, 6.45) is 2.04. The first-order chi connectivity index (χ1) is 14.1. The number of benzene rings is 1. The molecular weight excluding hydrogens is 511 g/mol. The van der Waals surface area contributed by atoms with Gasteiger partial charge in [0.2, 0.25) is 5.13 Å². The highest BCUT2D eigenvalue weighted by atomic mass is 127. The van der Waals surface area contributed by atoms with Crippen molar-refractivity contribution < 1.29 is 4.74 Å². The van der Waals surface area contributed by atoms with Crippen molar-refractivity contribution in [3.63, 3.8) is 0 Å². The van der Waals surface area contributed by atoms with E-state index in [4.69, 9.17) is 4.74 Å². The lowest BCUT2D eigenvalue weighted by Gasteiger charge is -2.36. The number of hydrogen-bond donors (Lipinski definition) is 1. The van der Waals surface area contributed by atoms with Crippen molar-refractivity contribution in [3.05, 3.63) is 35.7 Å². The van der Waals surface area contributed by atoms with Gasteiger partial charge in [-0.15, -0.1) is 24.0 Å². The van der Waals surface area contributed by atoms with E-state index in [2.05, 4.69) is 48.5 Å². The van der Waals surface area contributed by atoms with Crippen molar-refractivity contribution in [2.45, 2.75) is 39.7 Å². The molecule has 2 heterocycles. The number of nitrogens with zero attached hydrogens (tertiary/aromatic N) is 5. The van der Waals surface area contributed by atoms with Crippen LogP contribution in [-0.4, -0.2) is 66.1 Å². The van der Waals surface area contributed by atoms with Gasteiger partial charge in [-0.1, -0.05) is 19.1 Å². The fourth-order valence-electron chi connectivity index (χ4n) is 3.28. The molecule has 0 spiro atoms. The number of hydrogen-bond acceptors (Lipinski definition) is 6. The van der Waals surface area contributed by atoms with Gasteiger partial charge in [-0.05, 0) is 38.0 Å². The zero-order valence-corrected chi connectivity index (χ0v) is 21.4. The summed E-state index contributed by atoms with van der Waals surface area (Å²) in [5, 5.41) is 4.54. The van der Waals surface area contributed by atoms with Crippen molar-refractivity contribution in [1.29, 1.82) is 0 Å². The summed E-state index contributed by atoms with van der Waals surface area (Å²) in [4.78, 5) is 13.7. The molecule has 166 valence electrons.